The van der Waals surface area contributed by atoms with Crippen molar-refractivity contribution in [2.24, 2.45) is 0 Å². The number of nitrogens with one attached hydrogen (secondary N) is 1. The Balaban J connectivity index is 1.93. The molecule has 1 unspecified atom stereocenters. The Morgan fingerprint density at radius 3 is 2.58 bits per heavy atom. The number of halogens is 1. The van der Waals surface area contributed by atoms with Crippen LogP contribution in [-0.4, -0.2) is 61.3 Å². The lowest BCUT2D eigenvalue weighted by Crippen LogP contribution is -2.46. The molecule has 1 fully saturated rings. The molecule has 1 amide bonds. The number of amides is 1. The lowest BCUT2D eigenvalue weighted by atomic mass is 10.1. The van der Waals surface area contributed by atoms with Gasteiger partial charge in [-0.25, -0.2) is 4.39 Å². The zero-order chi connectivity index (χ0) is 17.5. The third kappa shape index (κ3) is 4.92. The van der Waals surface area contributed by atoms with Gasteiger partial charge in [-0.3, -0.25) is 4.79 Å². The molecule has 1 aliphatic heterocycles. The van der Waals surface area contributed by atoms with E-state index in [4.69, 9.17) is 0 Å². The molecule has 0 aliphatic carbocycles. The Kier molecular flexibility index (Phi) is 6.99. The van der Waals surface area contributed by atoms with Crippen LogP contribution in [0.25, 0.3) is 0 Å². The van der Waals surface area contributed by atoms with Crippen LogP contribution in [0, 0.1) is 5.82 Å². The Morgan fingerprint density at radius 2 is 2.00 bits per heavy atom. The molecular formula is C18H28FN3O2. The first-order chi connectivity index (χ1) is 11.5. The van der Waals surface area contributed by atoms with E-state index in [0.717, 1.165) is 32.7 Å². The predicted molar refractivity (Wildman–Crippen MR) is 94.0 cm³/mol. The van der Waals surface area contributed by atoms with Crippen molar-refractivity contribution in [1.82, 2.24) is 10.2 Å². The van der Waals surface area contributed by atoms with E-state index in [1.807, 2.05) is 11.8 Å². The summed E-state index contributed by atoms with van der Waals surface area (Å²) in [5.41, 5.74) is 0.873. The Labute approximate surface area is 143 Å². The van der Waals surface area contributed by atoms with Crippen molar-refractivity contribution in [3.8, 4) is 0 Å². The fraction of sp³-hybridized carbons (Fsp3) is 0.611. The number of carbonyl (C=O) groups is 1. The minimum Gasteiger partial charge on any atom is -0.393 e. The van der Waals surface area contributed by atoms with E-state index < -0.39 is 6.10 Å². The molecule has 1 aromatic rings. The second-order valence-corrected chi connectivity index (χ2v) is 6.19. The quantitative estimate of drug-likeness (QED) is 0.797. The highest BCUT2D eigenvalue weighted by atomic mass is 19.1. The Morgan fingerprint density at radius 1 is 1.29 bits per heavy atom. The fourth-order valence-corrected chi connectivity index (χ4v) is 2.87. The van der Waals surface area contributed by atoms with Gasteiger partial charge in [0.15, 0.2) is 0 Å². The van der Waals surface area contributed by atoms with Crippen LogP contribution < -0.4 is 10.2 Å². The number of piperazine rings is 1. The molecule has 0 saturated carbocycles. The molecule has 2 rings (SSSR count). The van der Waals surface area contributed by atoms with E-state index in [2.05, 4.69) is 17.1 Å². The summed E-state index contributed by atoms with van der Waals surface area (Å²) in [4.78, 5) is 16.4. The van der Waals surface area contributed by atoms with Gasteiger partial charge in [0.1, 0.15) is 5.82 Å². The summed E-state index contributed by atoms with van der Waals surface area (Å²) in [6.45, 7) is 8.87. The number of hydrogen-bond donors (Lipinski definition) is 2. The summed E-state index contributed by atoms with van der Waals surface area (Å²) < 4.78 is 14.4. The first-order valence-electron chi connectivity index (χ1n) is 8.78. The molecule has 134 valence electrons. The summed E-state index contributed by atoms with van der Waals surface area (Å²) in [5.74, 6) is -0.666. The molecule has 0 aromatic heterocycles. The largest absolute Gasteiger partial charge is 0.393 e. The molecule has 1 saturated heterocycles. The van der Waals surface area contributed by atoms with Gasteiger partial charge < -0.3 is 20.2 Å². The number of aliphatic hydroxyl groups is 1. The number of likely N-dealkylation sites (N-methyl/N-ethyl adjacent to an activating group) is 1. The van der Waals surface area contributed by atoms with Crippen molar-refractivity contribution >= 4 is 11.6 Å². The van der Waals surface area contributed by atoms with E-state index in [-0.39, 0.29) is 11.7 Å². The molecule has 0 bridgehead atoms. The van der Waals surface area contributed by atoms with Crippen LogP contribution in [0.3, 0.4) is 0 Å². The van der Waals surface area contributed by atoms with Crippen molar-refractivity contribution < 1.29 is 14.3 Å². The number of aliphatic hydroxyl groups excluding tert-OH is 1. The topological polar surface area (TPSA) is 55.8 Å². The maximum absolute atomic E-state index is 14.4. The smallest absolute Gasteiger partial charge is 0.251 e. The van der Waals surface area contributed by atoms with Crippen molar-refractivity contribution in [3.05, 3.63) is 29.6 Å². The predicted octanol–water partition coefficient (Wildman–Crippen LogP) is 1.86. The Bertz CT molecular complexity index is 545. The van der Waals surface area contributed by atoms with Gasteiger partial charge in [0.2, 0.25) is 0 Å². The lowest BCUT2D eigenvalue weighted by molar-refractivity contribution is 0.0941. The molecule has 6 heteroatoms. The zero-order valence-electron chi connectivity index (χ0n) is 14.6. The first kappa shape index (κ1) is 18.7. The van der Waals surface area contributed by atoms with Gasteiger partial charge in [-0.15, -0.1) is 0 Å². The molecule has 1 atom stereocenters. The van der Waals surface area contributed by atoms with Gasteiger partial charge >= 0.3 is 0 Å². The van der Waals surface area contributed by atoms with Gasteiger partial charge in [0, 0.05) is 38.3 Å². The normalized spacial score (nSPS) is 16.9. The summed E-state index contributed by atoms with van der Waals surface area (Å²) in [7, 11) is 0. The van der Waals surface area contributed by atoms with E-state index in [1.54, 1.807) is 12.1 Å². The molecule has 0 radical (unpaired) electrons. The van der Waals surface area contributed by atoms with E-state index in [9.17, 15) is 14.3 Å². The third-order valence-corrected chi connectivity index (χ3v) is 4.60. The molecular weight excluding hydrogens is 309 g/mol. The summed E-state index contributed by atoms with van der Waals surface area (Å²) in [6.07, 6.45) is 0.751. The van der Waals surface area contributed by atoms with Crippen LogP contribution in [-0.2, 0) is 0 Å². The standard InChI is InChI=1S/C18H28FN3O2/c1-3-15(23)7-8-20-18(24)14-5-6-17(16(19)13-14)22-11-9-21(4-2)10-12-22/h5-6,13,15,23H,3-4,7-12H2,1-2H3,(H,20,24). The first-order valence-corrected chi connectivity index (χ1v) is 8.78. The SMILES string of the molecule is CCC(O)CCNC(=O)c1ccc(N2CCN(CC)CC2)c(F)c1. The summed E-state index contributed by atoms with van der Waals surface area (Å²) in [5, 5.41) is 12.2. The van der Waals surface area contributed by atoms with Gasteiger partial charge in [-0.1, -0.05) is 13.8 Å². The molecule has 2 N–H and O–H groups in total. The second kappa shape index (κ2) is 8.99. The molecule has 1 aliphatic rings. The van der Waals surface area contributed by atoms with Crippen LogP contribution in [0.5, 0.6) is 0 Å². The maximum atomic E-state index is 14.4. The van der Waals surface area contributed by atoms with E-state index in [1.165, 1.54) is 6.07 Å². The lowest BCUT2D eigenvalue weighted by Gasteiger charge is -2.35. The van der Waals surface area contributed by atoms with Crippen molar-refractivity contribution in [3.63, 3.8) is 0 Å². The van der Waals surface area contributed by atoms with Gasteiger partial charge in [0.25, 0.3) is 5.91 Å². The minimum absolute atomic E-state index is 0.306. The minimum atomic E-state index is -0.411. The molecule has 24 heavy (non-hydrogen) atoms. The van der Waals surface area contributed by atoms with Crippen LogP contribution in [0.15, 0.2) is 18.2 Å². The number of rotatable bonds is 7. The monoisotopic (exact) mass is 337 g/mol. The molecule has 1 heterocycles. The molecule has 5 nitrogen and oxygen atoms in total. The molecule has 0 spiro atoms. The number of benzene rings is 1. The number of anilines is 1. The maximum Gasteiger partial charge on any atom is 0.251 e. The highest BCUT2D eigenvalue weighted by Gasteiger charge is 2.19. The number of hydrogen-bond acceptors (Lipinski definition) is 4. The highest BCUT2D eigenvalue weighted by molar-refractivity contribution is 5.94. The third-order valence-electron chi connectivity index (χ3n) is 4.60. The van der Waals surface area contributed by atoms with E-state index in [0.29, 0.717) is 30.6 Å². The summed E-state index contributed by atoms with van der Waals surface area (Å²) >= 11 is 0. The highest BCUT2D eigenvalue weighted by Crippen LogP contribution is 2.22. The fourth-order valence-electron chi connectivity index (χ4n) is 2.87. The Hall–Kier alpha value is -1.66. The van der Waals surface area contributed by atoms with Gasteiger partial charge in [-0.2, -0.15) is 0 Å². The van der Waals surface area contributed by atoms with Crippen LogP contribution >= 0.6 is 0 Å². The average Bonchev–Trinajstić information content (AvgIpc) is 2.61. The van der Waals surface area contributed by atoms with Gasteiger partial charge in [-0.05, 0) is 37.6 Å². The average molecular weight is 337 g/mol. The van der Waals surface area contributed by atoms with Crippen LogP contribution in [0.2, 0.25) is 0 Å². The van der Waals surface area contributed by atoms with E-state index >= 15 is 0 Å². The van der Waals surface area contributed by atoms with Crippen molar-refractivity contribution in [2.75, 3.05) is 44.2 Å². The second-order valence-electron chi connectivity index (χ2n) is 6.19. The molecule has 1 aromatic carbocycles. The number of carbonyl (C=O) groups excluding carboxylic acids is 1. The van der Waals surface area contributed by atoms with Gasteiger partial charge in [0.05, 0.1) is 11.8 Å². The zero-order valence-corrected chi connectivity index (χ0v) is 14.6. The number of nitrogens with zero attached hydrogens (tertiary/aromatic N) is 2. The van der Waals surface area contributed by atoms with Crippen molar-refractivity contribution in [1.29, 1.82) is 0 Å². The summed E-state index contributed by atoms with van der Waals surface area (Å²) in [6, 6.07) is 4.65. The van der Waals surface area contributed by atoms with Crippen LogP contribution in [0.1, 0.15) is 37.0 Å². The van der Waals surface area contributed by atoms with Crippen molar-refractivity contribution in [2.45, 2.75) is 32.8 Å². The van der Waals surface area contributed by atoms with Crippen LogP contribution in [0.4, 0.5) is 10.1 Å².